The molecule has 1 fully saturated rings. The summed E-state index contributed by atoms with van der Waals surface area (Å²) in [6.07, 6.45) is 1.65. The molecule has 126 valence electrons. The van der Waals surface area contributed by atoms with E-state index in [1.807, 2.05) is 30.3 Å². The van der Waals surface area contributed by atoms with Gasteiger partial charge in [0.25, 0.3) is 5.69 Å². The minimum Gasteiger partial charge on any atom is -0.258 e. The number of hydrogen-bond donors (Lipinski definition) is 0. The highest BCUT2D eigenvalue weighted by atomic mass is 32.2. The molecule has 1 aliphatic rings. The van der Waals surface area contributed by atoms with Gasteiger partial charge in [0.15, 0.2) is 0 Å². The van der Waals surface area contributed by atoms with E-state index in [2.05, 4.69) is 0 Å². The Balaban J connectivity index is 1.97. The Morgan fingerprint density at radius 1 is 1.04 bits per heavy atom. The molecule has 0 aliphatic carbocycles. The smallest absolute Gasteiger partial charge is 0.258 e. The third kappa shape index (κ3) is 3.45. The highest BCUT2D eigenvalue weighted by Gasteiger charge is 2.29. The van der Waals surface area contributed by atoms with Gasteiger partial charge in [-0.2, -0.15) is 4.31 Å². The fraction of sp³-hybridized carbons (Fsp3) is 0.250. The molecule has 0 spiro atoms. The first-order valence-corrected chi connectivity index (χ1v) is 9.75. The van der Waals surface area contributed by atoms with Crippen molar-refractivity contribution in [1.82, 2.24) is 4.31 Å². The molecular weight excluding hydrogens is 348 g/mol. The van der Waals surface area contributed by atoms with Crippen molar-refractivity contribution < 1.29 is 13.3 Å². The molecule has 2 aromatic carbocycles. The summed E-state index contributed by atoms with van der Waals surface area (Å²) in [6, 6.07) is 13.4. The van der Waals surface area contributed by atoms with E-state index in [0.29, 0.717) is 18.0 Å². The van der Waals surface area contributed by atoms with Gasteiger partial charge in [0, 0.05) is 24.1 Å². The van der Waals surface area contributed by atoms with Gasteiger partial charge in [0.1, 0.15) is 0 Å². The van der Waals surface area contributed by atoms with Gasteiger partial charge in [-0.3, -0.25) is 10.1 Å². The normalized spacial score (nSPS) is 15.5. The second kappa shape index (κ2) is 6.92. The number of nitro benzene ring substituents is 1. The van der Waals surface area contributed by atoms with Crippen molar-refractivity contribution in [1.29, 1.82) is 0 Å². The number of nitro groups is 1. The average Bonchev–Trinajstić information content (AvgIpc) is 3.11. The van der Waals surface area contributed by atoms with Crippen molar-refractivity contribution in [2.24, 2.45) is 0 Å². The van der Waals surface area contributed by atoms with Crippen LogP contribution in [0.4, 0.5) is 5.69 Å². The number of hydrogen-bond acceptors (Lipinski definition) is 5. The van der Waals surface area contributed by atoms with Crippen LogP contribution in [0.2, 0.25) is 0 Å². The molecule has 0 radical (unpaired) electrons. The molecule has 0 amide bonds. The van der Waals surface area contributed by atoms with Gasteiger partial charge in [0.05, 0.1) is 14.7 Å². The molecule has 8 heteroatoms. The van der Waals surface area contributed by atoms with E-state index < -0.39 is 14.9 Å². The quantitative estimate of drug-likeness (QED) is 0.599. The predicted molar refractivity (Wildman–Crippen MR) is 91.7 cm³/mol. The van der Waals surface area contributed by atoms with Crippen molar-refractivity contribution in [3.8, 4) is 0 Å². The lowest BCUT2D eigenvalue weighted by Crippen LogP contribution is -2.27. The molecular formula is C16H16N2O4S2. The Bertz CT molecular complexity index is 848. The molecule has 0 N–H and O–H groups in total. The number of rotatable bonds is 5. The predicted octanol–water partition coefficient (Wildman–Crippen LogP) is 3.53. The highest BCUT2D eigenvalue weighted by Crippen LogP contribution is 2.36. The van der Waals surface area contributed by atoms with E-state index in [-0.39, 0.29) is 10.6 Å². The van der Waals surface area contributed by atoms with Gasteiger partial charge in [-0.05, 0) is 37.1 Å². The van der Waals surface area contributed by atoms with Crippen LogP contribution in [-0.2, 0) is 10.0 Å². The van der Waals surface area contributed by atoms with Gasteiger partial charge in [-0.1, -0.05) is 30.0 Å². The van der Waals surface area contributed by atoms with E-state index in [0.717, 1.165) is 17.7 Å². The molecule has 1 heterocycles. The summed E-state index contributed by atoms with van der Waals surface area (Å²) in [4.78, 5) is 12.1. The first-order valence-electron chi connectivity index (χ1n) is 7.50. The van der Waals surface area contributed by atoms with Crippen LogP contribution in [0.15, 0.2) is 63.2 Å². The zero-order valence-corrected chi connectivity index (χ0v) is 14.4. The maximum atomic E-state index is 12.6. The Kier molecular flexibility index (Phi) is 4.88. The van der Waals surface area contributed by atoms with Gasteiger partial charge < -0.3 is 0 Å². The van der Waals surface area contributed by atoms with Crippen LogP contribution in [0.3, 0.4) is 0 Å². The largest absolute Gasteiger partial charge is 0.284 e. The second-order valence-corrected chi connectivity index (χ2v) is 8.47. The van der Waals surface area contributed by atoms with Crippen LogP contribution < -0.4 is 0 Å². The lowest BCUT2D eigenvalue weighted by Gasteiger charge is -2.15. The number of benzene rings is 2. The Morgan fingerprint density at radius 2 is 1.71 bits per heavy atom. The van der Waals surface area contributed by atoms with Crippen LogP contribution in [-0.4, -0.2) is 30.7 Å². The van der Waals surface area contributed by atoms with Gasteiger partial charge >= 0.3 is 0 Å². The monoisotopic (exact) mass is 364 g/mol. The maximum absolute atomic E-state index is 12.6. The SMILES string of the molecule is O=[N+]([O-])c1cc(S(=O)(=O)N2CCCC2)ccc1Sc1ccccc1. The fourth-order valence-corrected chi connectivity index (χ4v) is 5.04. The minimum absolute atomic E-state index is 0.0199. The Hall–Kier alpha value is -1.90. The summed E-state index contributed by atoms with van der Waals surface area (Å²) in [5.74, 6) is 0. The third-order valence-corrected chi connectivity index (χ3v) is 6.77. The minimum atomic E-state index is -3.66. The van der Waals surface area contributed by atoms with Crippen molar-refractivity contribution in [2.75, 3.05) is 13.1 Å². The lowest BCUT2D eigenvalue weighted by molar-refractivity contribution is -0.388. The van der Waals surface area contributed by atoms with Gasteiger partial charge in [-0.15, -0.1) is 0 Å². The molecule has 0 unspecified atom stereocenters. The molecule has 24 heavy (non-hydrogen) atoms. The lowest BCUT2D eigenvalue weighted by atomic mass is 10.3. The van der Waals surface area contributed by atoms with E-state index in [1.165, 1.54) is 34.3 Å². The van der Waals surface area contributed by atoms with E-state index in [1.54, 1.807) is 0 Å². The molecule has 0 atom stereocenters. The summed E-state index contributed by atoms with van der Waals surface area (Å²) >= 11 is 1.24. The summed E-state index contributed by atoms with van der Waals surface area (Å²) in [7, 11) is -3.66. The first-order chi connectivity index (χ1) is 11.5. The Morgan fingerprint density at radius 3 is 2.33 bits per heavy atom. The van der Waals surface area contributed by atoms with Crippen LogP contribution in [0.5, 0.6) is 0 Å². The standard InChI is InChI=1S/C16H16N2O4S2/c19-18(20)15-12-14(24(21,22)17-10-4-5-11-17)8-9-16(15)23-13-6-2-1-3-7-13/h1-3,6-9,12H,4-5,10-11H2. The topological polar surface area (TPSA) is 80.5 Å². The molecule has 3 rings (SSSR count). The molecule has 6 nitrogen and oxygen atoms in total. The third-order valence-electron chi connectivity index (χ3n) is 3.80. The van der Waals surface area contributed by atoms with Gasteiger partial charge in [0.2, 0.25) is 10.0 Å². The zero-order chi connectivity index (χ0) is 17.2. The van der Waals surface area contributed by atoms with Crippen LogP contribution in [0, 0.1) is 10.1 Å². The summed E-state index contributed by atoms with van der Waals surface area (Å²) < 4.78 is 26.5. The van der Waals surface area contributed by atoms with Crippen molar-refractivity contribution in [3.05, 3.63) is 58.6 Å². The average molecular weight is 364 g/mol. The molecule has 0 aromatic heterocycles. The summed E-state index contributed by atoms with van der Waals surface area (Å²) in [6.45, 7) is 0.938. The fourth-order valence-electron chi connectivity index (χ4n) is 2.58. The number of sulfonamides is 1. The highest BCUT2D eigenvalue weighted by molar-refractivity contribution is 7.99. The van der Waals surface area contributed by atoms with E-state index >= 15 is 0 Å². The van der Waals surface area contributed by atoms with Crippen molar-refractivity contribution in [3.63, 3.8) is 0 Å². The molecule has 1 saturated heterocycles. The van der Waals surface area contributed by atoms with Crippen LogP contribution in [0.25, 0.3) is 0 Å². The molecule has 2 aromatic rings. The molecule has 0 saturated carbocycles. The Labute approximate surface area is 144 Å². The second-order valence-electron chi connectivity index (χ2n) is 5.41. The maximum Gasteiger partial charge on any atom is 0.284 e. The molecule has 1 aliphatic heterocycles. The van der Waals surface area contributed by atoms with E-state index in [4.69, 9.17) is 0 Å². The first kappa shape index (κ1) is 16.9. The molecule has 0 bridgehead atoms. The van der Waals surface area contributed by atoms with Crippen molar-refractivity contribution >= 4 is 27.5 Å². The van der Waals surface area contributed by atoms with E-state index in [9.17, 15) is 18.5 Å². The number of nitrogens with zero attached hydrogens (tertiary/aromatic N) is 2. The zero-order valence-electron chi connectivity index (χ0n) is 12.8. The summed E-state index contributed by atoms with van der Waals surface area (Å²) in [5.41, 5.74) is -0.191. The van der Waals surface area contributed by atoms with Gasteiger partial charge in [-0.25, -0.2) is 8.42 Å². The summed E-state index contributed by atoms with van der Waals surface area (Å²) in [5, 5.41) is 11.4. The van der Waals surface area contributed by atoms with Crippen molar-refractivity contribution in [2.45, 2.75) is 27.5 Å². The van der Waals surface area contributed by atoms with Crippen LogP contribution >= 0.6 is 11.8 Å². The van der Waals surface area contributed by atoms with Crippen LogP contribution in [0.1, 0.15) is 12.8 Å².